The first-order chi connectivity index (χ1) is 11.4. The van der Waals surface area contributed by atoms with Gasteiger partial charge in [-0.05, 0) is 36.8 Å². The minimum Gasteiger partial charge on any atom is -0.493 e. The van der Waals surface area contributed by atoms with E-state index in [9.17, 15) is 4.79 Å². The zero-order valence-electron chi connectivity index (χ0n) is 14.2. The lowest BCUT2D eigenvalue weighted by Crippen LogP contribution is -2.29. The minimum atomic E-state index is -0.753. The zero-order valence-corrected chi connectivity index (χ0v) is 14.2. The fourth-order valence-electron chi connectivity index (χ4n) is 2.64. The number of methoxy groups -OCH3 is 1. The van der Waals surface area contributed by atoms with Crippen molar-refractivity contribution in [3.05, 3.63) is 42.0 Å². The van der Waals surface area contributed by atoms with Crippen molar-refractivity contribution in [1.82, 2.24) is 0 Å². The molecule has 0 bridgehead atoms. The van der Waals surface area contributed by atoms with E-state index < -0.39 is 5.79 Å². The summed E-state index contributed by atoms with van der Waals surface area (Å²) in [5.41, 5.74) is 2.32. The van der Waals surface area contributed by atoms with Crippen molar-refractivity contribution in [1.29, 1.82) is 0 Å². The predicted octanol–water partition coefficient (Wildman–Crippen LogP) is 4.05. The van der Waals surface area contributed by atoms with Crippen molar-refractivity contribution in [3.63, 3.8) is 0 Å². The second-order valence-electron chi connectivity index (χ2n) is 5.88. The van der Waals surface area contributed by atoms with Crippen LogP contribution < -0.4 is 14.2 Å². The average Bonchev–Trinajstić information content (AvgIpc) is 2.89. The maximum atomic E-state index is 11.8. The van der Waals surface area contributed by atoms with Crippen LogP contribution in [-0.2, 0) is 4.74 Å². The molecule has 0 aliphatic carbocycles. The first kappa shape index (κ1) is 16.2. The average molecular weight is 328 g/mol. The van der Waals surface area contributed by atoms with Gasteiger partial charge in [0.25, 0.3) is 0 Å². The number of ether oxygens (including phenoxy) is 4. The number of hydrogen-bond donors (Lipinski definition) is 0. The van der Waals surface area contributed by atoms with Gasteiger partial charge in [-0.15, -0.1) is 0 Å². The van der Waals surface area contributed by atoms with E-state index in [2.05, 4.69) is 0 Å². The molecule has 0 saturated carbocycles. The van der Waals surface area contributed by atoms with Gasteiger partial charge in [0.2, 0.25) is 11.5 Å². The van der Waals surface area contributed by atoms with E-state index >= 15 is 0 Å². The summed E-state index contributed by atoms with van der Waals surface area (Å²) < 4.78 is 22.2. The third-order valence-corrected chi connectivity index (χ3v) is 3.70. The smallest absolute Gasteiger partial charge is 0.338 e. The standard InChI is InChI=1S/C19H20O5/c1-5-22-18(20)13-8-6-12(7-9-13)14-10-11-15(21-4)17-16(14)23-19(2,3)24-17/h6-11H,5H2,1-4H3. The summed E-state index contributed by atoms with van der Waals surface area (Å²) in [6.45, 7) is 5.83. The molecule has 5 nitrogen and oxygen atoms in total. The fourth-order valence-corrected chi connectivity index (χ4v) is 2.64. The second-order valence-corrected chi connectivity index (χ2v) is 5.88. The van der Waals surface area contributed by atoms with Crippen LogP contribution in [0.25, 0.3) is 11.1 Å². The van der Waals surface area contributed by atoms with Gasteiger partial charge in [0.15, 0.2) is 11.5 Å². The third kappa shape index (κ3) is 2.89. The number of benzene rings is 2. The molecule has 1 aliphatic rings. The molecule has 24 heavy (non-hydrogen) atoms. The van der Waals surface area contributed by atoms with E-state index in [1.807, 2.05) is 38.1 Å². The predicted molar refractivity (Wildman–Crippen MR) is 89.7 cm³/mol. The van der Waals surface area contributed by atoms with Gasteiger partial charge in [-0.25, -0.2) is 4.79 Å². The van der Waals surface area contributed by atoms with Crippen molar-refractivity contribution in [3.8, 4) is 28.4 Å². The summed E-state index contributed by atoms with van der Waals surface area (Å²) in [5, 5.41) is 0. The number of carbonyl (C=O) groups excluding carboxylic acids is 1. The van der Waals surface area contributed by atoms with Crippen LogP contribution in [0.2, 0.25) is 0 Å². The summed E-state index contributed by atoms with van der Waals surface area (Å²) in [6, 6.07) is 11.0. The van der Waals surface area contributed by atoms with Crippen LogP contribution in [0, 0.1) is 0 Å². The van der Waals surface area contributed by atoms with Gasteiger partial charge < -0.3 is 18.9 Å². The Morgan fingerprint density at radius 3 is 2.33 bits per heavy atom. The Kier molecular flexibility index (Phi) is 4.09. The summed E-state index contributed by atoms with van der Waals surface area (Å²) in [5.74, 6) is 0.779. The molecular formula is C19H20O5. The van der Waals surface area contributed by atoms with Crippen LogP contribution in [0.4, 0.5) is 0 Å². The highest BCUT2D eigenvalue weighted by Crippen LogP contribution is 2.51. The van der Waals surface area contributed by atoms with Gasteiger partial charge >= 0.3 is 5.97 Å². The summed E-state index contributed by atoms with van der Waals surface area (Å²) >= 11 is 0. The lowest BCUT2D eigenvalue weighted by Gasteiger charge is -2.16. The molecule has 0 unspecified atom stereocenters. The number of carbonyl (C=O) groups is 1. The molecule has 1 heterocycles. The van der Waals surface area contributed by atoms with Crippen molar-refractivity contribution in [2.45, 2.75) is 26.6 Å². The molecule has 0 atom stereocenters. The molecule has 0 saturated heterocycles. The Morgan fingerprint density at radius 2 is 1.71 bits per heavy atom. The quantitative estimate of drug-likeness (QED) is 0.793. The molecule has 2 aromatic rings. The molecule has 3 rings (SSSR count). The summed E-state index contributed by atoms with van der Waals surface area (Å²) in [6.07, 6.45) is 0. The van der Waals surface area contributed by atoms with Gasteiger partial charge in [-0.1, -0.05) is 12.1 Å². The van der Waals surface area contributed by atoms with Crippen molar-refractivity contribution >= 4 is 5.97 Å². The van der Waals surface area contributed by atoms with Crippen LogP contribution >= 0.6 is 0 Å². The molecule has 126 valence electrons. The fraction of sp³-hybridized carbons (Fsp3) is 0.316. The molecule has 0 amide bonds. The lowest BCUT2D eigenvalue weighted by atomic mass is 10.0. The third-order valence-electron chi connectivity index (χ3n) is 3.70. The highest BCUT2D eigenvalue weighted by Gasteiger charge is 2.36. The van der Waals surface area contributed by atoms with Crippen LogP contribution in [0.1, 0.15) is 31.1 Å². The topological polar surface area (TPSA) is 54.0 Å². The molecular weight excluding hydrogens is 308 g/mol. The molecule has 0 N–H and O–H groups in total. The molecule has 0 radical (unpaired) electrons. The Hall–Kier alpha value is -2.69. The zero-order chi connectivity index (χ0) is 17.3. The minimum absolute atomic E-state index is 0.329. The first-order valence-corrected chi connectivity index (χ1v) is 7.81. The Balaban J connectivity index is 1.99. The van der Waals surface area contributed by atoms with E-state index in [0.717, 1.165) is 11.1 Å². The number of hydrogen-bond acceptors (Lipinski definition) is 5. The number of esters is 1. The van der Waals surface area contributed by atoms with E-state index in [4.69, 9.17) is 18.9 Å². The first-order valence-electron chi connectivity index (χ1n) is 7.81. The van der Waals surface area contributed by atoms with Gasteiger partial charge in [0.1, 0.15) is 0 Å². The monoisotopic (exact) mass is 328 g/mol. The highest BCUT2D eigenvalue weighted by molar-refractivity contribution is 5.90. The highest BCUT2D eigenvalue weighted by atomic mass is 16.7. The Morgan fingerprint density at radius 1 is 1.04 bits per heavy atom. The van der Waals surface area contributed by atoms with Crippen molar-refractivity contribution < 1.29 is 23.7 Å². The Labute approximate surface area is 141 Å². The van der Waals surface area contributed by atoms with Crippen LogP contribution in [0.5, 0.6) is 17.2 Å². The van der Waals surface area contributed by atoms with E-state index in [-0.39, 0.29) is 5.97 Å². The van der Waals surface area contributed by atoms with Crippen molar-refractivity contribution in [2.24, 2.45) is 0 Å². The van der Waals surface area contributed by atoms with Gasteiger partial charge in [-0.2, -0.15) is 0 Å². The molecule has 0 aromatic heterocycles. The van der Waals surface area contributed by atoms with Crippen LogP contribution in [0.3, 0.4) is 0 Å². The van der Waals surface area contributed by atoms with E-state index in [1.165, 1.54) is 0 Å². The largest absolute Gasteiger partial charge is 0.493 e. The van der Waals surface area contributed by atoms with Gasteiger partial charge in [-0.3, -0.25) is 0 Å². The molecule has 0 spiro atoms. The number of rotatable bonds is 4. The molecule has 1 aliphatic heterocycles. The maximum absolute atomic E-state index is 11.8. The summed E-state index contributed by atoms with van der Waals surface area (Å²) in [4.78, 5) is 11.8. The SMILES string of the molecule is CCOC(=O)c1ccc(-c2ccc(OC)c3c2OC(C)(C)O3)cc1. The van der Waals surface area contributed by atoms with E-state index in [0.29, 0.717) is 29.4 Å². The maximum Gasteiger partial charge on any atom is 0.338 e. The van der Waals surface area contributed by atoms with Crippen LogP contribution in [-0.4, -0.2) is 25.5 Å². The van der Waals surface area contributed by atoms with Crippen LogP contribution in [0.15, 0.2) is 36.4 Å². The normalized spacial score (nSPS) is 14.3. The van der Waals surface area contributed by atoms with Crippen molar-refractivity contribution in [2.75, 3.05) is 13.7 Å². The molecule has 0 fully saturated rings. The summed E-state index contributed by atoms with van der Waals surface area (Å²) in [7, 11) is 1.60. The lowest BCUT2D eigenvalue weighted by molar-refractivity contribution is -0.0437. The van der Waals surface area contributed by atoms with E-state index in [1.54, 1.807) is 26.2 Å². The van der Waals surface area contributed by atoms with Gasteiger partial charge in [0.05, 0.1) is 19.3 Å². The van der Waals surface area contributed by atoms with Gasteiger partial charge in [0, 0.05) is 19.4 Å². The Bertz CT molecular complexity index is 762. The second kappa shape index (κ2) is 6.07. The molecule has 2 aromatic carbocycles. The molecule has 5 heteroatoms. The number of fused-ring (bicyclic) bond motifs is 1.